The van der Waals surface area contributed by atoms with Crippen LogP contribution in [-0.4, -0.2) is 0 Å². The van der Waals surface area contributed by atoms with Crippen LogP contribution in [0.5, 0.6) is 0 Å². The van der Waals surface area contributed by atoms with Gasteiger partial charge in [0.05, 0.1) is 11.1 Å². The Kier molecular flexibility index (Phi) is 6.83. The minimum atomic E-state index is 0.376. The third-order valence-corrected chi connectivity index (χ3v) is 7.17. The third-order valence-electron chi connectivity index (χ3n) is 6.11. The van der Waals surface area contributed by atoms with Gasteiger partial charge in [0.25, 0.3) is 0 Å². The van der Waals surface area contributed by atoms with Gasteiger partial charge in [0.2, 0.25) is 0 Å². The van der Waals surface area contributed by atoms with Gasteiger partial charge in [-0.2, -0.15) is 10.5 Å². The predicted molar refractivity (Wildman–Crippen MR) is 153 cm³/mol. The monoisotopic (exact) mass is 588 g/mol. The fraction of sp³-hybridized carbons (Fsp3) is 0. The van der Waals surface area contributed by atoms with Crippen molar-refractivity contribution in [3.8, 4) is 56.6 Å². The summed E-state index contributed by atoms with van der Waals surface area (Å²) in [7, 11) is 0. The van der Waals surface area contributed by atoms with Crippen LogP contribution in [0, 0.1) is 22.7 Å². The fourth-order valence-corrected chi connectivity index (χ4v) is 5.10. The van der Waals surface area contributed by atoms with E-state index in [1.165, 1.54) is 0 Å². The van der Waals surface area contributed by atoms with Gasteiger partial charge in [-0.1, -0.05) is 117 Å². The van der Waals surface area contributed by atoms with Gasteiger partial charge in [0.15, 0.2) is 0 Å². The summed E-state index contributed by atoms with van der Waals surface area (Å²) in [6, 6.07) is 40.7. The molecule has 0 saturated carbocycles. The van der Waals surface area contributed by atoms with Crippen LogP contribution in [0.4, 0.5) is 0 Å². The Morgan fingerprint density at radius 2 is 0.694 bits per heavy atom. The highest BCUT2D eigenvalue weighted by atomic mass is 79.9. The molecule has 4 heteroatoms. The molecule has 36 heavy (non-hydrogen) atoms. The van der Waals surface area contributed by atoms with Crippen molar-refractivity contribution in [2.45, 2.75) is 0 Å². The number of benzene rings is 5. The van der Waals surface area contributed by atoms with Gasteiger partial charge in [-0.25, -0.2) is 0 Å². The fourth-order valence-electron chi connectivity index (χ4n) is 4.57. The molecule has 2 nitrogen and oxygen atoms in total. The molecule has 0 aliphatic carbocycles. The molecule has 0 aliphatic rings. The van der Waals surface area contributed by atoms with E-state index >= 15 is 0 Å². The number of hydrogen-bond donors (Lipinski definition) is 0. The maximum atomic E-state index is 10.5. The maximum Gasteiger partial charge on any atom is 0.101 e. The highest BCUT2D eigenvalue weighted by molar-refractivity contribution is 9.10. The van der Waals surface area contributed by atoms with E-state index in [1.807, 2.05) is 84.9 Å². The second kappa shape index (κ2) is 10.3. The molecule has 0 aliphatic heterocycles. The molecule has 0 atom stereocenters. The summed E-state index contributed by atoms with van der Waals surface area (Å²) < 4.78 is 1.94. The molecule has 0 spiro atoms. The van der Waals surface area contributed by atoms with Crippen molar-refractivity contribution in [3.05, 3.63) is 129 Å². The van der Waals surface area contributed by atoms with E-state index in [2.05, 4.69) is 68.3 Å². The van der Waals surface area contributed by atoms with Gasteiger partial charge in [-0.15, -0.1) is 0 Å². The first kappa shape index (κ1) is 23.8. The molecule has 0 radical (unpaired) electrons. The largest absolute Gasteiger partial charge is 0.192 e. The van der Waals surface area contributed by atoms with E-state index in [-0.39, 0.29) is 0 Å². The standard InChI is InChI=1S/C32H18Br2N2/c33-25-15-11-23(12-16-25)31-29(21-7-3-1-4-8-21)27(19-35)28(20-36)30(22-9-5-2-6-10-22)32(31)24-13-17-26(34)18-14-24/h1-18H. The molecule has 0 fully saturated rings. The van der Waals surface area contributed by atoms with Gasteiger partial charge in [-0.05, 0) is 57.6 Å². The lowest BCUT2D eigenvalue weighted by atomic mass is 9.78. The summed E-state index contributed by atoms with van der Waals surface area (Å²) >= 11 is 7.11. The third kappa shape index (κ3) is 4.38. The molecule has 0 bridgehead atoms. The van der Waals surface area contributed by atoms with Crippen LogP contribution in [0.25, 0.3) is 44.5 Å². The molecule has 0 aromatic heterocycles. The number of rotatable bonds is 4. The molecule has 5 rings (SSSR count). The van der Waals surface area contributed by atoms with Crippen molar-refractivity contribution >= 4 is 31.9 Å². The van der Waals surface area contributed by atoms with Crippen molar-refractivity contribution < 1.29 is 0 Å². The first-order valence-electron chi connectivity index (χ1n) is 11.3. The maximum absolute atomic E-state index is 10.5. The van der Waals surface area contributed by atoms with Crippen LogP contribution in [0.3, 0.4) is 0 Å². The Morgan fingerprint density at radius 1 is 0.389 bits per heavy atom. The van der Waals surface area contributed by atoms with Gasteiger partial charge < -0.3 is 0 Å². The van der Waals surface area contributed by atoms with E-state index in [0.29, 0.717) is 11.1 Å². The average Bonchev–Trinajstić information content (AvgIpc) is 2.93. The van der Waals surface area contributed by atoms with Crippen molar-refractivity contribution in [2.75, 3.05) is 0 Å². The second-order valence-electron chi connectivity index (χ2n) is 8.22. The highest BCUT2D eigenvalue weighted by Gasteiger charge is 2.27. The first-order valence-corrected chi connectivity index (χ1v) is 12.9. The number of halogens is 2. The van der Waals surface area contributed by atoms with Gasteiger partial charge in [0.1, 0.15) is 12.1 Å². The Labute approximate surface area is 227 Å². The zero-order valence-electron chi connectivity index (χ0n) is 19.0. The SMILES string of the molecule is N#Cc1c(C#N)c(-c2ccccc2)c(-c2ccc(Br)cc2)c(-c2ccc(Br)cc2)c1-c1ccccc1. The lowest BCUT2D eigenvalue weighted by molar-refractivity contribution is 1.41. The van der Waals surface area contributed by atoms with Crippen LogP contribution in [0.1, 0.15) is 11.1 Å². The minimum Gasteiger partial charge on any atom is -0.192 e. The Bertz CT molecular complexity index is 1500. The van der Waals surface area contributed by atoms with Crippen molar-refractivity contribution in [1.82, 2.24) is 0 Å². The lowest BCUT2D eigenvalue weighted by Gasteiger charge is -2.23. The Morgan fingerprint density at radius 3 is 1.00 bits per heavy atom. The van der Waals surface area contributed by atoms with E-state index in [1.54, 1.807) is 0 Å². The molecular formula is C32H18Br2N2. The normalized spacial score (nSPS) is 10.4. The average molecular weight is 590 g/mol. The second-order valence-corrected chi connectivity index (χ2v) is 10.1. The van der Waals surface area contributed by atoms with E-state index < -0.39 is 0 Å². The smallest absolute Gasteiger partial charge is 0.101 e. The number of hydrogen-bond acceptors (Lipinski definition) is 2. The summed E-state index contributed by atoms with van der Waals surface area (Å²) in [6.45, 7) is 0. The van der Waals surface area contributed by atoms with E-state index in [9.17, 15) is 10.5 Å². The predicted octanol–water partition coefficient (Wildman–Crippen LogP) is 9.62. The zero-order valence-corrected chi connectivity index (χ0v) is 22.2. The van der Waals surface area contributed by atoms with Gasteiger partial charge in [-0.3, -0.25) is 0 Å². The van der Waals surface area contributed by atoms with E-state index in [4.69, 9.17) is 0 Å². The van der Waals surface area contributed by atoms with Crippen LogP contribution in [0.2, 0.25) is 0 Å². The molecule has 170 valence electrons. The minimum absolute atomic E-state index is 0.376. The zero-order chi connectivity index (χ0) is 25.1. The first-order chi connectivity index (χ1) is 17.6. The van der Waals surface area contributed by atoms with Crippen molar-refractivity contribution in [1.29, 1.82) is 10.5 Å². The van der Waals surface area contributed by atoms with Crippen LogP contribution < -0.4 is 0 Å². The van der Waals surface area contributed by atoms with Crippen LogP contribution in [-0.2, 0) is 0 Å². The lowest BCUT2D eigenvalue weighted by Crippen LogP contribution is -2.02. The Hall–Kier alpha value is -3.96. The molecule has 0 N–H and O–H groups in total. The topological polar surface area (TPSA) is 47.6 Å². The molecule has 0 unspecified atom stereocenters. The summed E-state index contributed by atoms with van der Waals surface area (Å²) in [5.74, 6) is 0. The number of nitrogens with zero attached hydrogens (tertiary/aromatic N) is 2. The van der Waals surface area contributed by atoms with Crippen molar-refractivity contribution in [3.63, 3.8) is 0 Å². The summed E-state index contributed by atoms with van der Waals surface area (Å²) in [4.78, 5) is 0. The van der Waals surface area contributed by atoms with Gasteiger partial charge in [0, 0.05) is 20.1 Å². The summed E-state index contributed by atoms with van der Waals surface area (Å²) in [5.41, 5.74) is 7.83. The van der Waals surface area contributed by atoms with Crippen LogP contribution in [0.15, 0.2) is 118 Å². The molecule has 5 aromatic carbocycles. The van der Waals surface area contributed by atoms with Crippen molar-refractivity contribution in [2.24, 2.45) is 0 Å². The summed E-state index contributed by atoms with van der Waals surface area (Å²) in [6.07, 6.45) is 0. The molecule has 0 amide bonds. The Balaban J connectivity index is 2.07. The van der Waals surface area contributed by atoms with Gasteiger partial charge >= 0.3 is 0 Å². The summed E-state index contributed by atoms with van der Waals surface area (Å²) in [5, 5.41) is 20.9. The quantitative estimate of drug-likeness (QED) is 0.209. The molecule has 0 saturated heterocycles. The number of nitriles is 2. The molecule has 5 aromatic rings. The molecule has 0 heterocycles. The van der Waals surface area contributed by atoms with E-state index in [0.717, 1.165) is 53.5 Å². The van der Waals surface area contributed by atoms with Crippen LogP contribution >= 0.6 is 31.9 Å². The molecular weight excluding hydrogens is 572 g/mol. The highest BCUT2D eigenvalue weighted by Crippen LogP contribution is 2.49.